The topological polar surface area (TPSA) is 76.8 Å². The van der Waals surface area contributed by atoms with Crippen LogP contribution in [0.5, 0.6) is 0 Å². The predicted octanol–water partition coefficient (Wildman–Crippen LogP) is 3.45. The molecule has 0 spiro atoms. The van der Waals surface area contributed by atoms with Gasteiger partial charge in [0.25, 0.3) is 5.56 Å². The van der Waals surface area contributed by atoms with Gasteiger partial charge in [-0.05, 0) is 73.3 Å². The molecule has 3 heterocycles. The zero-order valence-electron chi connectivity index (χ0n) is 16.8. The van der Waals surface area contributed by atoms with Gasteiger partial charge in [-0.2, -0.15) is 4.98 Å². The summed E-state index contributed by atoms with van der Waals surface area (Å²) in [7, 11) is 0. The Morgan fingerprint density at radius 3 is 2.74 bits per heavy atom. The van der Waals surface area contributed by atoms with Crippen LogP contribution in [-0.2, 0) is 13.0 Å². The third-order valence-corrected chi connectivity index (χ3v) is 5.94. The first-order valence-electron chi connectivity index (χ1n) is 10.5. The minimum atomic E-state index is -0.320. The van der Waals surface area contributed by atoms with Gasteiger partial charge in [0.05, 0.1) is 11.7 Å². The highest BCUT2D eigenvalue weighted by molar-refractivity contribution is 5.77. The molecule has 31 heavy (non-hydrogen) atoms. The van der Waals surface area contributed by atoms with Crippen molar-refractivity contribution in [3.63, 3.8) is 0 Å². The molecule has 4 aromatic rings. The molecule has 0 unspecified atom stereocenters. The van der Waals surface area contributed by atoms with Gasteiger partial charge in [-0.3, -0.25) is 4.79 Å². The van der Waals surface area contributed by atoms with Crippen LogP contribution in [0.3, 0.4) is 0 Å². The maximum absolute atomic E-state index is 13.5. The quantitative estimate of drug-likeness (QED) is 0.533. The van der Waals surface area contributed by atoms with Crippen molar-refractivity contribution in [2.75, 3.05) is 11.9 Å². The molecule has 0 amide bonds. The Kier molecular flexibility index (Phi) is 4.14. The first-order chi connectivity index (χ1) is 15.2. The number of halogens is 1. The molecule has 8 heteroatoms. The Morgan fingerprint density at radius 2 is 1.94 bits per heavy atom. The Hall–Kier alpha value is -3.52. The van der Waals surface area contributed by atoms with Gasteiger partial charge < -0.3 is 10.6 Å². The lowest BCUT2D eigenvalue weighted by atomic mass is 10.0. The number of rotatable bonds is 4. The summed E-state index contributed by atoms with van der Waals surface area (Å²) in [6.45, 7) is 1.84. The van der Waals surface area contributed by atoms with E-state index in [0.717, 1.165) is 38.0 Å². The largest absolute Gasteiger partial charge is 0.324 e. The van der Waals surface area contributed by atoms with Crippen LogP contribution in [0.15, 0.2) is 53.5 Å². The van der Waals surface area contributed by atoms with Crippen molar-refractivity contribution in [3.05, 3.63) is 76.0 Å². The molecule has 0 bridgehead atoms. The lowest BCUT2D eigenvalue weighted by Gasteiger charge is -2.18. The van der Waals surface area contributed by atoms with Gasteiger partial charge >= 0.3 is 0 Å². The summed E-state index contributed by atoms with van der Waals surface area (Å²) < 4.78 is 17.0. The highest BCUT2D eigenvalue weighted by atomic mass is 19.1. The van der Waals surface area contributed by atoms with E-state index in [2.05, 4.69) is 32.7 Å². The number of nitrogens with one attached hydrogen (secondary N) is 2. The van der Waals surface area contributed by atoms with Gasteiger partial charge in [0.15, 0.2) is 5.65 Å². The van der Waals surface area contributed by atoms with E-state index < -0.39 is 0 Å². The number of aromatic nitrogens is 4. The molecule has 1 aliphatic carbocycles. The number of benzene rings is 2. The van der Waals surface area contributed by atoms with Crippen molar-refractivity contribution in [1.82, 2.24) is 24.6 Å². The van der Waals surface area contributed by atoms with E-state index in [0.29, 0.717) is 22.7 Å². The summed E-state index contributed by atoms with van der Waals surface area (Å²) in [5.41, 5.74) is 4.62. The molecule has 0 atom stereocenters. The first-order valence-corrected chi connectivity index (χ1v) is 10.5. The summed E-state index contributed by atoms with van der Waals surface area (Å²) in [5, 5.41) is 7.11. The van der Waals surface area contributed by atoms with Crippen LogP contribution < -0.4 is 16.2 Å². The van der Waals surface area contributed by atoms with Crippen molar-refractivity contribution in [3.8, 4) is 5.69 Å². The predicted molar refractivity (Wildman–Crippen MR) is 116 cm³/mol. The van der Waals surface area contributed by atoms with E-state index in [9.17, 15) is 9.18 Å². The van der Waals surface area contributed by atoms with Crippen molar-refractivity contribution >= 4 is 22.7 Å². The summed E-state index contributed by atoms with van der Waals surface area (Å²) in [5.74, 6) is 0.0967. The van der Waals surface area contributed by atoms with E-state index in [1.54, 1.807) is 27.7 Å². The van der Waals surface area contributed by atoms with Gasteiger partial charge in [-0.25, -0.2) is 18.7 Å². The zero-order valence-corrected chi connectivity index (χ0v) is 16.8. The van der Waals surface area contributed by atoms with Crippen LogP contribution >= 0.6 is 0 Å². The average molecular weight is 416 g/mol. The van der Waals surface area contributed by atoms with Crippen molar-refractivity contribution in [2.45, 2.75) is 31.8 Å². The molecule has 1 fully saturated rings. The fraction of sp³-hybridized carbons (Fsp3) is 0.261. The number of fused-ring (bicyclic) bond motifs is 2. The highest BCUT2D eigenvalue weighted by Gasteiger charge is 2.30. The van der Waals surface area contributed by atoms with Gasteiger partial charge in [0.2, 0.25) is 5.95 Å². The van der Waals surface area contributed by atoms with Crippen LogP contribution in [0.2, 0.25) is 0 Å². The normalized spacial score (nSPS) is 15.8. The highest BCUT2D eigenvalue weighted by Crippen LogP contribution is 2.35. The second kappa shape index (κ2) is 7.02. The van der Waals surface area contributed by atoms with Crippen LogP contribution in [0.4, 0.5) is 16.0 Å². The third kappa shape index (κ3) is 3.19. The molecule has 6 rings (SSSR count). The maximum atomic E-state index is 13.5. The number of hydrogen-bond acceptors (Lipinski definition) is 5. The number of hydrogen-bond donors (Lipinski definition) is 2. The van der Waals surface area contributed by atoms with Crippen molar-refractivity contribution < 1.29 is 4.39 Å². The summed E-state index contributed by atoms with van der Waals surface area (Å²) in [4.78, 5) is 22.1. The van der Waals surface area contributed by atoms with Crippen LogP contribution in [-0.4, -0.2) is 25.9 Å². The van der Waals surface area contributed by atoms with Crippen LogP contribution in [0.1, 0.15) is 30.0 Å². The van der Waals surface area contributed by atoms with Crippen LogP contribution in [0, 0.1) is 5.82 Å². The molecule has 156 valence electrons. The molecule has 0 saturated heterocycles. The molecular formula is C23H21FN6O. The third-order valence-electron chi connectivity index (χ3n) is 5.94. The van der Waals surface area contributed by atoms with E-state index in [4.69, 9.17) is 0 Å². The van der Waals surface area contributed by atoms with Crippen molar-refractivity contribution in [1.29, 1.82) is 0 Å². The van der Waals surface area contributed by atoms with Crippen molar-refractivity contribution in [2.24, 2.45) is 0 Å². The summed E-state index contributed by atoms with van der Waals surface area (Å²) in [6.07, 6.45) is 4.49. The number of nitrogens with zero attached hydrogens (tertiary/aromatic N) is 4. The monoisotopic (exact) mass is 416 g/mol. The molecular weight excluding hydrogens is 395 g/mol. The molecule has 1 aliphatic heterocycles. The van der Waals surface area contributed by atoms with E-state index >= 15 is 0 Å². The standard InChI is InChI=1S/C23H21FN6O/c24-16-2-5-18(6-3-16)29-21-20(22(31)30(29)19-7-8-19)13-26-23(28-21)27-17-4-1-14-9-10-25-12-15(14)11-17/h1-6,11,13,19,25H,7-10,12H2,(H,26,27,28). The Balaban J connectivity index is 1.45. The minimum Gasteiger partial charge on any atom is -0.324 e. The van der Waals surface area contributed by atoms with Gasteiger partial charge in [0.1, 0.15) is 11.2 Å². The SMILES string of the molecule is O=c1c2cnc(Nc3ccc4c(c3)CNCC4)nc2n(-c2ccc(F)cc2)n1C1CC1. The minimum absolute atomic E-state index is 0.117. The van der Waals surface area contributed by atoms with Gasteiger partial charge in [0, 0.05) is 18.4 Å². The number of anilines is 2. The molecule has 1 saturated carbocycles. The molecule has 2 N–H and O–H groups in total. The Labute approximate surface area is 177 Å². The van der Waals surface area contributed by atoms with Crippen LogP contribution in [0.25, 0.3) is 16.7 Å². The fourth-order valence-electron chi connectivity index (χ4n) is 4.23. The van der Waals surface area contributed by atoms with E-state index in [-0.39, 0.29) is 17.4 Å². The Morgan fingerprint density at radius 1 is 1.10 bits per heavy atom. The lowest BCUT2D eigenvalue weighted by molar-refractivity contribution is 0.558. The molecule has 0 radical (unpaired) electrons. The smallest absolute Gasteiger partial charge is 0.278 e. The zero-order chi connectivity index (χ0) is 20.9. The van der Waals surface area contributed by atoms with Gasteiger partial charge in [-0.1, -0.05) is 6.07 Å². The Bertz CT molecular complexity index is 1350. The van der Waals surface area contributed by atoms with E-state index in [1.165, 1.54) is 23.3 Å². The second-order valence-corrected chi connectivity index (χ2v) is 8.14. The molecule has 2 aromatic carbocycles. The molecule has 7 nitrogen and oxygen atoms in total. The summed E-state index contributed by atoms with van der Waals surface area (Å²) >= 11 is 0. The average Bonchev–Trinajstić information content (AvgIpc) is 3.59. The maximum Gasteiger partial charge on any atom is 0.278 e. The fourth-order valence-corrected chi connectivity index (χ4v) is 4.23. The second-order valence-electron chi connectivity index (χ2n) is 8.14. The first kappa shape index (κ1) is 18.3. The lowest BCUT2D eigenvalue weighted by Crippen LogP contribution is -2.23. The molecule has 2 aliphatic rings. The molecule has 2 aromatic heterocycles. The summed E-state index contributed by atoms with van der Waals surface area (Å²) in [6, 6.07) is 12.5. The van der Waals surface area contributed by atoms with E-state index in [1.807, 2.05) is 6.07 Å². The van der Waals surface area contributed by atoms with Gasteiger partial charge in [-0.15, -0.1) is 0 Å².